The molecule has 0 bridgehead atoms. The first-order valence-corrected chi connectivity index (χ1v) is 11.8. The van der Waals surface area contributed by atoms with Gasteiger partial charge in [-0.3, -0.25) is 4.79 Å². The van der Waals surface area contributed by atoms with E-state index in [1.807, 2.05) is 25.1 Å². The summed E-state index contributed by atoms with van der Waals surface area (Å²) in [6, 6.07) is 9.13. The van der Waals surface area contributed by atoms with E-state index in [4.69, 9.17) is 18.9 Å². The summed E-state index contributed by atoms with van der Waals surface area (Å²) in [5.41, 5.74) is -0.128. The van der Waals surface area contributed by atoms with Gasteiger partial charge in [0.1, 0.15) is 17.8 Å². The van der Waals surface area contributed by atoms with Crippen molar-refractivity contribution in [3.63, 3.8) is 0 Å². The van der Waals surface area contributed by atoms with E-state index in [2.05, 4.69) is 27.7 Å². The second kappa shape index (κ2) is 8.45. The molecule has 176 valence electrons. The molecule has 6 nitrogen and oxygen atoms in total. The molecule has 32 heavy (non-hydrogen) atoms. The lowest BCUT2D eigenvalue weighted by Gasteiger charge is -2.43. The lowest BCUT2D eigenvalue weighted by atomic mass is 9.64. The average molecular weight is 445 g/mol. The maximum atomic E-state index is 12.8. The van der Waals surface area contributed by atoms with Crippen molar-refractivity contribution < 1.29 is 28.5 Å². The zero-order chi connectivity index (χ0) is 23.3. The predicted molar refractivity (Wildman–Crippen MR) is 119 cm³/mol. The van der Waals surface area contributed by atoms with Gasteiger partial charge in [0, 0.05) is 18.3 Å². The zero-order valence-electron chi connectivity index (χ0n) is 20.0. The van der Waals surface area contributed by atoms with Crippen LogP contribution in [0.4, 0.5) is 0 Å². The molecule has 2 heterocycles. The number of carbonyl (C=O) groups excluding carboxylic acids is 2. The lowest BCUT2D eigenvalue weighted by Crippen LogP contribution is -2.49. The van der Waals surface area contributed by atoms with Crippen LogP contribution in [0.25, 0.3) is 0 Å². The van der Waals surface area contributed by atoms with Crippen molar-refractivity contribution in [2.45, 2.75) is 84.4 Å². The second-order valence-corrected chi connectivity index (χ2v) is 10.4. The van der Waals surface area contributed by atoms with Crippen LogP contribution in [0, 0.1) is 23.2 Å². The number of esters is 2. The molecule has 0 aromatic heterocycles. The van der Waals surface area contributed by atoms with E-state index >= 15 is 0 Å². The molecule has 0 N–H and O–H groups in total. The van der Waals surface area contributed by atoms with Crippen molar-refractivity contribution >= 4 is 11.9 Å². The third-order valence-corrected chi connectivity index (χ3v) is 8.41. The Balaban J connectivity index is 1.44. The first-order chi connectivity index (χ1) is 15.1. The number of ether oxygens (including phenoxy) is 4. The largest absolute Gasteiger partial charge is 0.466 e. The third kappa shape index (κ3) is 3.75. The minimum absolute atomic E-state index is 0.0200. The number of rotatable bonds is 8. The molecular formula is C26H36O6. The van der Waals surface area contributed by atoms with E-state index in [0.717, 1.165) is 12.8 Å². The third-order valence-electron chi connectivity index (χ3n) is 8.41. The topological polar surface area (TPSA) is 74.4 Å². The zero-order valence-corrected chi connectivity index (χ0v) is 20.0. The minimum Gasteiger partial charge on any atom is -0.466 e. The van der Waals surface area contributed by atoms with E-state index in [-0.39, 0.29) is 59.2 Å². The van der Waals surface area contributed by atoms with Crippen LogP contribution in [0.15, 0.2) is 30.3 Å². The van der Waals surface area contributed by atoms with Gasteiger partial charge in [0.15, 0.2) is 0 Å². The van der Waals surface area contributed by atoms with Crippen LogP contribution in [0.5, 0.6) is 0 Å². The van der Waals surface area contributed by atoms with Gasteiger partial charge in [-0.1, -0.05) is 39.0 Å². The van der Waals surface area contributed by atoms with Gasteiger partial charge in [-0.25, -0.2) is 4.79 Å². The summed E-state index contributed by atoms with van der Waals surface area (Å²) in [5.74, 6) is 0.313. The van der Waals surface area contributed by atoms with E-state index in [9.17, 15) is 9.59 Å². The Hall–Kier alpha value is -1.92. The molecule has 0 spiro atoms. The van der Waals surface area contributed by atoms with Crippen LogP contribution in [0.2, 0.25) is 0 Å². The standard InChI is InChI=1S/C26H36O6/c1-15(14-29-18(4)27)12-13-20-16(2)21-22(31-20)23-26(6,32-23)25(21,5)17(3)30-24(28)19-10-8-7-9-11-19/h7-11,15-17,20-23H,12-14H2,1-6H3/t15-,16-,17-,20-,21+,22-,23-,25-,26-/m1/s1. The molecule has 0 amide bonds. The van der Waals surface area contributed by atoms with Gasteiger partial charge in [-0.2, -0.15) is 0 Å². The molecule has 1 aromatic carbocycles. The maximum Gasteiger partial charge on any atom is 0.338 e. The molecule has 2 aliphatic heterocycles. The monoisotopic (exact) mass is 444 g/mol. The number of hydrogen-bond acceptors (Lipinski definition) is 6. The fourth-order valence-corrected chi connectivity index (χ4v) is 6.19. The number of benzene rings is 1. The van der Waals surface area contributed by atoms with Gasteiger partial charge in [0.05, 0.1) is 24.4 Å². The fraction of sp³-hybridized carbons (Fsp3) is 0.692. The molecular weight excluding hydrogens is 408 g/mol. The Morgan fingerprint density at radius 1 is 1.16 bits per heavy atom. The maximum absolute atomic E-state index is 12.8. The molecule has 9 atom stereocenters. The van der Waals surface area contributed by atoms with Gasteiger partial charge < -0.3 is 18.9 Å². The van der Waals surface area contributed by atoms with Crippen LogP contribution >= 0.6 is 0 Å². The van der Waals surface area contributed by atoms with Crippen molar-refractivity contribution in [1.29, 1.82) is 0 Å². The molecule has 0 radical (unpaired) electrons. The van der Waals surface area contributed by atoms with Crippen LogP contribution in [0.3, 0.4) is 0 Å². The highest BCUT2D eigenvalue weighted by atomic mass is 16.7. The van der Waals surface area contributed by atoms with Crippen molar-refractivity contribution in [2.24, 2.45) is 23.2 Å². The SMILES string of the molecule is CC(=O)OC[C@H](C)CC[C@H]1O[C@@H]2[C@H]([C@@H]1C)[C@@](C)([C@@H](C)OC(=O)c1ccccc1)[C@]1(C)O[C@H]21. The van der Waals surface area contributed by atoms with E-state index < -0.39 is 0 Å². The van der Waals surface area contributed by atoms with Crippen LogP contribution in [-0.4, -0.2) is 48.6 Å². The molecule has 6 heteroatoms. The van der Waals surface area contributed by atoms with E-state index in [0.29, 0.717) is 18.1 Å². The number of fused-ring (bicyclic) bond motifs is 3. The molecule has 1 aliphatic carbocycles. The Bertz CT molecular complexity index is 855. The number of epoxide rings is 1. The molecule has 3 aliphatic rings. The second-order valence-electron chi connectivity index (χ2n) is 10.4. The summed E-state index contributed by atoms with van der Waals surface area (Å²) in [5, 5.41) is 0. The number of hydrogen-bond donors (Lipinski definition) is 0. The van der Waals surface area contributed by atoms with Crippen molar-refractivity contribution in [2.75, 3.05) is 6.61 Å². The summed E-state index contributed by atoms with van der Waals surface area (Å²) < 4.78 is 23.9. The van der Waals surface area contributed by atoms with Gasteiger partial charge in [-0.15, -0.1) is 0 Å². The molecule has 0 unspecified atom stereocenters. The summed E-state index contributed by atoms with van der Waals surface area (Å²) >= 11 is 0. The fourth-order valence-electron chi connectivity index (χ4n) is 6.19. The molecule has 1 saturated carbocycles. The highest BCUT2D eigenvalue weighted by Crippen LogP contribution is 2.70. The Labute approximate surface area is 190 Å². The highest BCUT2D eigenvalue weighted by Gasteiger charge is 2.81. The quantitative estimate of drug-likeness (QED) is 0.437. The summed E-state index contributed by atoms with van der Waals surface area (Å²) in [6.45, 7) is 12.6. The van der Waals surface area contributed by atoms with Gasteiger partial charge in [-0.05, 0) is 50.7 Å². The predicted octanol–water partition coefficient (Wildman–Crippen LogP) is 4.41. The van der Waals surface area contributed by atoms with Crippen LogP contribution in [-0.2, 0) is 23.7 Å². The molecule has 2 saturated heterocycles. The summed E-state index contributed by atoms with van der Waals surface area (Å²) in [6.07, 6.45) is 1.71. The summed E-state index contributed by atoms with van der Waals surface area (Å²) in [7, 11) is 0. The Morgan fingerprint density at radius 2 is 1.84 bits per heavy atom. The molecule has 4 rings (SSSR count). The molecule has 1 aromatic rings. The van der Waals surface area contributed by atoms with Crippen LogP contribution < -0.4 is 0 Å². The first kappa shape index (κ1) is 23.2. The summed E-state index contributed by atoms with van der Waals surface area (Å²) in [4.78, 5) is 23.8. The first-order valence-electron chi connectivity index (χ1n) is 11.8. The van der Waals surface area contributed by atoms with E-state index in [1.165, 1.54) is 6.92 Å². The lowest BCUT2D eigenvalue weighted by molar-refractivity contribution is -0.142. The Morgan fingerprint density at radius 3 is 2.50 bits per heavy atom. The Kier molecular flexibility index (Phi) is 6.14. The van der Waals surface area contributed by atoms with Gasteiger partial charge in [0.2, 0.25) is 0 Å². The van der Waals surface area contributed by atoms with E-state index in [1.54, 1.807) is 12.1 Å². The minimum atomic E-state index is -0.347. The van der Waals surface area contributed by atoms with Crippen molar-refractivity contribution in [3.8, 4) is 0 Å². The van der Waals surface area contributed by atoms with Gasteiger partial charge >= 0.3 is 11.9 Å². The van der Waals surface area contributed by atoms with Crippen molar-refractivity contribution in [1.82, 2.24) is 0 Å². The van der Waals surface area contributed by atoms with Crippen LogP contribution in [0.1, 0.15) is 64.7 Å². The normalized spacial score (nSPS) is 39.0. The highest BCUT2D eigenvalue weighted by molar-refractivity contribution is 5.89. The van der Waals surface area contributed by atoms with Crippen molar-refractivity contribution in [3.05, 3.63) is 35.9 Å². The smallest absolute Gasteiger partial charge is 0.338 e. The molecule has 3 fully saturated rings. The number of carbonyl (C=O) groups is 2. The average Bonchev–Trinajstić information content (AvgIpc) is 3.29. The van der Waals surface area contributed by atoms with Gasteiger partial charge in [0.25, 0.3) is 0 Å².